The van der Waals surface area contributed by atoms with Gasteiger partial charge in [0.25, 0.3) is 0 Å². The molecule has 1 aliphatic rings. The lowest BCUT2D eigenvalue weighted by Gasteiger charge is -2.32. The number of piperidine rings is 1. The van der Waals surface area contributed by atoms with E-state index in [9.17, 15) is 4.79 Å². The van der Waals surface area contributed by atoms with Crippen LogP contribution >= 0.6 is 0 Å². The van der Waals surface area contributed by atoms with Gasteiger partial charge in [0.2, 0.25) is 0 Å². The molecule has 8 heteroatoms. The van der Waals surface area contributed by atoms with Crippen molar-refractivity contribution in [3.8, 4) is 0 Å². The Morgan fingerprint density at radius 2 is 2.42 bits per heavy atom. The van der Waals surface area contributed by atoms with Gasteiger partial charge < -0.3 is 10.6 Å². The fourth-order valence-electron chi connectivity index (χ4n) is 2.41. The van der Waals surface area contributed by atoms with E-state index in [4.69, 9.17) is 11.1 Å². The lowest BCUT2D eigenvalue weighted by atomic mass is 9.97. The number of aromatic amines is 1. The van der Waals surface area contributed by atoms with Gasteiger partial charge in [0.15, 0.2) is 5.65 Å². The van der Waals surface area contributed by atoms with Crippen molar-refractivity contribution in [2.24, 2.45) is 11.7 Å². The van der Waals surface area contributed by atoms with E-state index in [0.29, 0.717) is 12.2 Å². The number of nitrogens with two attached hydrogens (primary N) is 1. The van der Waals surface area contributed by atoms with E-state index in [2.05, 4.69) is 20.1 Å². The smallest absolute Gasteiger partial charge is 0.348 e. The minimum absolute atomic E-state index is 0.0770. The van der Waals surface area contributed by atoms with Crippen LogP contribution in [-0.4, -0.2) is 38.5 Å². The number of fused-ring (bicyclic) bond motifs is 1. The number of aromatic nitrogens is 4. The Morgan fingerprint density at radius 1 is 1.58 bits per heavy atom. The summed E-state index contributed by atoms with van der Waals surface area (Å²) in [5.41, 5.74) is 5.82. The van der Waals surface area contributed by atoms with E-state index in [1.54, 1.807) is 6.07 Å². The molecule has 1 saturated heterocycles. The number of hydrogen-bond donors (Lipinski definition) is 3. The molecule has 4 N–H and O–H groups in total. The molecule has 0 radical (unpaired) electrons. The van der Waals surface area contributed by atoms with Crippen LogP contribution in [-0.2, 0) is 0 Å². The van der Waals surface area contributed by atoms with Gasteiger partial charge in [-0.1, -0.05) is 0 Å². The second kappa shape index (κ2) is 4.38. The first kappa shape index (κ1) is 11.7. The van der Waals surface area contributed by atoms with Crippen LogP contribution in [0.5, 0.6) is 0 Å². The second-order valence-electron chi connectivity index (χ2n) is 4.74. The average Bonchev–Trinajstić information content (AvgIpc) is 2.80. The van der Waals surface area contributed by atoms with Crippen molar-refractivity contribution in [1.82, 2.24) is 19.6 Å². The number of H-pyrrole nitrogens is 1. The van der Waals surface area contributed by atoms with Gasteiger partial charge in [0.1, 0.15) is 12.1 Å². The summed E-state index contributed by atoms with van der Waals surface area (Å²) in [5.74, 6) is 1.06. The van der Waals surface area contributed by atoms with Gasteiger partial charge in [-0.25, -0.2) is 19.3 Å². The second-order valence-corrected chi connectivity index (χ2v) is 4.74. The molecule has 2 aromatic rings. The fraction of sp³-hybridized carbons (Fsp3) is 0.455. The topological polar surface area (TPSA) is 116 Å². The molecule has 1 aliphatic heterocycles. The third kappa shape index (κ3) is 2.05. The Kier molecular flexibility index (Phi) is 2.69. The average molecular weight is 261 g/mol. The minimum atomic E-state index is -0.297. The summed E-state index contributed by atoms with van der Waals surface area (Å²) in [4.78, 5) is 17.7. The van der Waals surface area contributed by atoms with Gasteiger partial charge in [0.05, 0.1) is 5.84 Å². The van der Waals surface area contributed by atoms with Crippen LogP contribution in [0.4, 0.5) is 5.82 Å². The molecular weight excluding hydrogens is 246 g/mol. The van der Waals surface area contributed by atoms with Crippen molar-refractivity contribution < 1.29 is 0 Å². The quantitative estimate of drug-likeness (QED) is 0.501. The maximum absolute atomic E-state index is 11.4. The van der Waals surface area contributed by atoms with Crippen LogP contribution in [0.15, 0.2) is 17.2 Å². The molecule has 3 rings (SSSR count). The Labute approximate surface area is 108 Å². The van der Waals surface area contributed by atoms with Gasteiger partial charge in [0, 0.05) is 25.1 Å². The van der Waals surface area contributed by atoms with Crippen molar-refractivity contribution in [2.45, 2.75) is 12.8 Å². The van der Waals surface area contributed by atoms with Gasteiger partial charge in [-0.2, -0.15) is 5.10 Å². The van der Waals surface area contributed by atoms with Crippen LogP contribution in [0, 0.1) is 11.3 Å². The Balaban J connectivity index is 1.91. The molecule has 0 aliphatic carbocycles. The monoisotopic (exact) mass is 261 g/mol. The summed E-state index contributed by atoms with van der Waals surface area (Å²) in [5, 5.41) is 13.8. The summed E-state index contributed by atoms with van der Waals surface area (Å²) < 4.78 is 1.36. The fourth-order valence-corrected chi connectivity index (χ4v) is 2.41. The molecule has 0 saturated carbocycles. The van der Waals surface area contributed by atoms with Crippen molar-refractivity contribution in [2.75, 3.05) is 18.0 Å². The van der Waals surface area contributed by atoms with Crippen molar-refractivity contribution in [3.63, 3.8) is 0 Å². The maximum Gasteiger partial charge on any atom is 0.348 e. The zero-order valence-corrected chi connectivity index (χ0v) is 10.3. The molecule has 0 bridgehead atoms. The molecule has 0 spiro atoms. The van der Waals surface area contributed by atoms with Crippen LogP contribution in [0.2, 0.25) is 0 Å². The number of amidine groups is 1. The first-order chi connectivity index (χ1) is 9.15. The summed E-state index contributed by atoms with van der Waals surface area (Å²) in [6.07, 6.45) is 3.38. The SMILES string of the molecule is N=C(N)C1CCCN(c2cc3n[nH]c(=O)n3cn2)C1. The summed E-state index contributed by atoms with van der Waals surface area (Å²) in [7, 11) is 0. The van der Waals surface area contributed by atoms with Crippen molar-refractivity contribution >= 4 is 17.3 Å². The van der Waals surface area contributed by atoms with Crippen LogP contribution < -0.4 is 16.3 Å². The molecule has 1 fully saturated rings. The minimum Gasteiger partial charge on any atom is -0.387 e. The molecule has 2 aromatic heterocycles. The third-order valence-corrected chi connectivity index (χ3v) is 3.48. The number of nitrogens with one attached hydrogen (secondary N) is 2. The molecule has 19 heavy (non-hydrogen) atoms. The van der Waals surface area contributed by atoms with Gasteiger partial charge in [-0.15, -0.1) is 0 Å². The normalized spacial score (nSPS) is 19.8. The standard InChI is InChI=1S/C11H15N7O/c12-10(13)7-2-1-3-17(5-7)8-4-9-15-16-11(19)18(9)6-14-8/h4,6-7H,1-3,5H2,(H3,12,13)(H,16,19). The zero-order valence-electron chi connectivity index (χ0n) is 10.3. The first-order valence-electron chi connectivity index (χ1n) is 6.17. The highest BCUT2D eigenvalue weighted by Crippen LogP contribution is 2.21. The molecule has 100 valence electrons. The van der Waals surface area contributed by atoms with Gasteiger partial charge in [-0.05, 0) is 12.8 Å². The molecule has 3 heterocycles. The summed E-state index contributed by atoms with van der Waals surface area (Å²) >= 11 is 0. The van der Waals surface area contributed by atoms with Crippen LogP contribution in [0.3, 0.4) is 0 Å². The maximum atomic E-state index is 11.4. The molecule has 0 aromatic carbocycles. The number of hydrogen-bond acceptors (Lipinski definition) is 5. The Hall–Kier alpha value is -2.38. The highest BCUT2D eigenvalue weighted by atomic mass is 16.1. The van der Waals surface area contributed by atoms with E-state index in [-0.39, 0.29) is 17.4 Å². The predicted molar refractivity (Wildman–Crippen MR) is 70.5 cm³/mol. The molecule has 8 nitrogen and oxygen atoms in total. The Morgan fingerprint density at radius 3 is 3.21 bits per heavy atom. The van der Waals surface area contributed by atoms with E-state index >= 15 is 0 Å². The molecular formula is C11H15N7O. The number of anilines is 1. The lowest BCUT2D eigenvalue weighted by molar-refractivity contribution is 0.500. The summed E-state index contributed by atoms with van der Waals surface area (Å²) in [6, 6.07) is 1.76. The largest absolute Gasteiger partial charge is 0.387 e. The number of nitrogens with zero attached hydrogens (tertiary/aromatic N) is 4. The Bertz CT molecular complexity index is 673. The van der Waals surface area contributed by atoms with Crippen molar-refractivity contribution in [1.29, 1.82) is 5.41 Å². The third-order valence-electron chi connectivity index (χ3n) is 3.48. The zero-order chi connectivity index (χ0) is 13.4. The highest BCUT2D eigenvalue weighted by Gasteiger charge is 2.23. The molecule has 1 unspecified atom stereocenters. The van der Waals surface area contributed by atoms with Crippen LogP contribution in [0.1, 0.15) is 12.8 Å². The van der Waals surface area contributed by atoms with E-state index in [1.807, 2.05) is 0 Å². The van der Waals surface area contributed by atoms with E-state index < -0.39 is 0 Å². The molecule has 1 atom stereocenters. The number of rotatable bonds is 2. The first-order valence-corrected chi connectivity index (χ1v) is 6.17. The van der Waals surface area contributed by atoms with E-state index in [1.165, 1.54) is 10.7 Å². The van der Waals surface area contributed by atoms with Crippen molar-refractivity contribution in [3.05, 3.63) is 22.9 Å². The van der Waals surface area contributed by atoms with Gasteiger partial charge >= 0.3 is 5.69 Å². The predicted octanol–water partition coefficient (Wildman–Crippen LogP) is -0.430. The lowest BCUT2D eigenvalue weighted by Crippen LogP contribution is -2.41. The highest BCUT2D eigenvalue weighted by molar-refractivity contribution is 5.80. The molecule has 0 amide bonds. The van der Waals surface area contributed by atoms with Gasteiger partial charge in [-0.3, -0.25) is 5.41 Å². The summed E-state index contributed by atoms with van der Waals surface area (Å²) in [6.45, 7) is 1.56. The van der Waals surface area contributed by atoms with E-state index in [0.717, 1.165) is 25.2 Å². The van der Waals surface area contributed by atoms with Crippen LogP contribution in [0.25, 0.3) is 5.65 Å².